The van der Waals surface area contributed by atoms with Gasteiger partial charge in [-0.05, 0) is 43.4 Å². The van der Waals surface area contributed by atoms with E-state index in [1.807, 2.05) is 47.9 Å². The zero-order valence-corrected chi connectivity index (χ0v) is 15.1. The fourth-order valence-electron chi connectivity index (χ4n) is 3.97. The molecule has 1 fully saturated rings. The minimum Gasteiger partial charge on any atom is -0.345 e. The van der Waals surface area contributed by atoms with Gasteiger partial charge in [-0.25, -0.2) is 0 Å². The van der Waals surface area contributed by atoms with Gasteiger partial charge in [-0.3, -0.25) is 9.20 Å². The third-order valence-electron chi connectivity index (χ3n) is 5.40. The molecule has 26 heavy (non-hydrogen) atoms. The summed E-state index contributed by atoms with van der Waals surface area (Å²) in [6.45, 7) is 1.89. The van der Waals surface area contributed by atoms with Gasteiger partial charge in [0.05, 0.1) is 11.6 Å². The number of nitrogens with one attached hydrogen (secondary N) is 1. The van der Waals surface area contributed by atoms with E-state index in [2.05, 4.69) is 27.6 Å². The van der Waals surface area contributed by atoms with Crippen LogP contribution in [0.2, 0.25) is 0 Å². The van der Waals surface area contributed by atoms with Crippen molar-refractivity contribution >= 4 is 11.6 Å². The molecule has 2 heterocycles. The molecule has 1 aliphatic rings. The second-order valence-electron chi connectivity index (χ2n) is 7.15. The predicted octanol–water partition coefficient (Wildman–Crippen LogP) is 4.09. The maximum Gasteiger partial charge on any atom is 0.253 e. The third-order valence-corrected chi connectivity index (χ3v) is 5.40. The molecule has 0 radical (unpaired) electrons. The maximum atomic E-state index is 13.0. The Morgan fingerprint density at radius 3 is 2.62 bits per heavy atom. The molecule has 0 unspecified atom stereocenters. The number of aryl methyl sites for hydroxylation is 1. The van der Waals surface area contributed by atoms with Crippen molar-refractivity contribution in [3.05, 3.63) is 65.6 Å². The molecule has 3 aromatic rings. The van der Waals surface area contributed by atoms with E-state index in [1.165, 1.54) is 37.7 Å². The van der Waals surface area contributed by atoms with E-state index in [9.17, 15) is 4.79 Å². The fourth-order valence-corrected chi connectivity index (χ4v) is 3.97. The zero-order valence-electron chi connectivity index (χ0n) is 15.1. The largest absolute Gasteiger partial charge is 0.345 e. The molecule has 1 aromatic carbocycles. The van der Waals surface area contributed by atoms with Crippen molar-refractivity contribution in [3.8, 4) is 0 Å². The van der Waals surface area contributed by atoms with Gasteiger partial charge in [0.1, 0.15) is 5.82 Å². The van der Waals surface area contributed by atoms with Crippen LogP contribution in [0.5, 0.6) is 0 Å². The number of hydrogen-bond acceptors (Lipinski definition) is 3. The molecule has 134 valence electrons. The minimum absolute atomic E-state index is 0.0422. The molecule has 0 aliphatic heterocycles. The lowest BCUT2D eigenvalue weighted by Crippen LogP contribution is -2.34. The van der Waals surface area contributed by atoms with Crippen LogP contribution in [0.4, 0.5) is 0 Å². The highest BCUT2D eigenvalue weighted by Crippen LogP contribution is 2.34. The number of fused-ring (bicyclic) bond motifs is 1. The molecule has 5 nitrogen and oxygen atoms in total. The van der Waals surface area contributed by atoms with Crippen molar-refractivity contribution in [1.29, 1.82) is 0 Å². The summed E-state index contributed by atoms with van der Waals surface area (Å²) in [7, 11) is 0. The summed E-state index contributed by atoms with van der Waals surface area (Å²) < 4.78 is 1.85. The first-order valence-corrected chi connectivity index (χ1v) is 9.39. The molecule has 4 rings (SSSR count). The third kappa shape index (κ3) is 3.34. The van der Waals surface area contributed by atoms with Crippen molar-refractivity contribution in [3.63, 3.8) is 0 Å². The van der Waals surface area contributed by atoms with Crippen molar-refractivity contribution in [1.82, 2.24) is 19.9 Å². The van der Waals surface area contributed by atoms with Gasteiger partial charge >= 0.3 is 0 Å². The van der Waals surface area contributed by atoms with E-state index in [1.54, 1.807) is 0 Å². The van der Waals surface area contributed by atoms with Crippen LogP contribution in [-0.2, 0) is 0 Å². The van der Waals surface area contributed by atoms with Gasteiger partial charge in [-0.1, -0.05) is 49.6 Å². The van der Waals surface area contributed by atoms with Crippen LogP contribution in [0.3, 0.4) is 0 Å². The van der Waals surface area contributed by atoms with Crippen LogP contribution >= 0.6 is 0 Å². The van der Waals surface area contributed by atoms with Crippen molar-refractivity contribution < 1.29 is 4.79 Å². The first-order chi connectivity index (χ1) is 12.7. The van der Waals surface area contributed by atoms with Gasteiger partial charge in [0.2, 0.25) is 0 Å². The first-order valence-electron chi connectivity index (χ1n) is 9.39. The molecule has 0 saturated heterocycles. The number of aromatic nitrogens is 3. The van der Waals surface area contributed by atoms with Crippen molar-refractivity contribution in [2.75, 3.05) is 0 Å². The molecule has 1 saturated carbocycles. The van der Waals surface area contributed by atoms with E-state index in [0.29, 0.717) is 11.5 Å². The Labute approximate surface area is 153 Å². The van der Waals surface area contributed by atoms with E-state index in [-0.39, 0.29) is 11.9 Å². The average Bonchev–Trinajstić information content (AvgIpc) is 3.07. The maximum absolute atomic E-state index is 13.0. The van der Waals surface area contributed by atoms with E-state index < -0.39 is 0 Å². The number of pyridine rings is 1. The smallest absolute Gasteiger partial charge is 0.253 e. The van der Waals surface area contributed by atoms with E-state index in [4.69, 9.17) is 0 Å². The van der Waals surface area contributed by atoms with Crippen molar-refractivity contribution in [2.24, 2.45) is 5.92 Å². The number of carbonyl (C=O) groups excluding carboxylic acids is 1. The predicted molar refractivity (Wildman–Crippen MR) is 101 cm³/mol. The lowest BCUT2D eigenvalue weighted by molar-refractivity contribution is 0.0912. The van der Waals surface area contributed by atoms with Crippen LogP contribution in [0.1, 0.15) is 59.9 Å². The van der Waals surface area contributed by atoms with Crippen molar-refractivity contribution in [2.45, 2.75) is 45.1 Å². The summed E-state index contributed by atoms with van der Waals surface area (Å²) in [5.41, 5.74) is 2.58. The first kappa shape index (κ1) is 16.8. The number of hydrogen-bond donors (Lipinski definition) is 1. The summed E-state index contributed by atoms with van der Waals surface area (Å²) in [5, 5.41) is 11.4. The van der Waals surface area contributed by atoms with E-state index >= 15 is 0 Å². The average molecular weight is 348 g/mol. The van der Waals surface area contributed by atoms with Gasteiger partial charge in [0.15, 0.2) is 5.65 Å². The highest BCUT2D eigenvalue weighted by atomic mass is 16.1. The number of carbonyl (C=O) groups is 1. The molecular formula is C21H24N4O. The summed E-state index contributed by atoms with van der Waals surface area (Å²) in [6, 6.07) is 14.1. The van der Waals surface area contributed by atoms with Gasteiger partial charge in [-0.15, -0.1) is 10.2 Å². The normalized spacial score (nSPS) is 16.5. The van der Waals surface area contributed by atoms with Crippen LogP contribution in [0.15, 0.2) is 48.7 Å². The number of benzene rings is 1. The lowest BCUT2D eigenvalue weighted by atomic mass is 9.81. The highest BCUT2D eigenvalue weighted by Gasteiger charge is 2.27. The Hall–Kier alpha value is -2.69. The molecule has 1 amide bonds. The van der Waals surface area contributed by atoms with E-state index in [0.717, 1.165) is 11.5 Å². The number of rotatable bonds is 4. The molecule has 1 N–H and O–H groups in total. The van der Waals surface area contributed by atoms with Crippen LogP contribution in [0.25, 0.3) is 5.65 Å². The summed E-state index contributed by atoms with van der Waals surface area (Å²) in [4.78, 5) is 13.0. The van der Waals surface area contributed by atoms with Crippen LogP contribution in [0, 0.1) is 12.8 Å². The fraction of sp³-hybridized carbons (Fsp3) is 0.381. The zero-order chi connectivity index (χ0) is 17.9. The Morgan fingerprint density at radius 1 is 1.08 bits per heavy atom. The Balaban J connectivity index is 1.61. The van der Waals surface area contributed by atoms with Gasteiger partial charge in [0, 0.05) is 6.20 Å². The van der Waals surface area contributed by atoms with Gasteiger partial charge in [0.25, 0.3) is 5.91 Å². The second-order valence-corrected chi connectivity index (χ2v) is 7.15. The Bertz CT molecular complexity index is 897. The molecule has 5 heteroatoms. The highest BCUT2D eigenvalue weighted by molar-refractivity contribution is 5.94. The molecule has 1 atom stereocenters. The lowest BCUT2D eigenvalue weighted by Gasteiger charge is -2.31. The van der Waals surface area contributed by atoms with Gasteiger partial charge in [-0.2, -0.15) is 0 Å². The standard InChI is InChI=1S/C21H24N4O/c1-15-23-24-19-13-12-18(14-25(15)19)21(26)22-20(16-8-4-2-5-9-16)17-10-6-3-7-11-17/h2,4-5,8-9,12-14,17,20H,3,6-7,10-11H2,1H3,(H,22,26)/t20-/m0/s1. The molecule has 0 spiro atoms. The SMILES string of the molecule is Cc1nnc2ccc(C(=O)N[C@@H](c3ccccc3)C3CCCCC3)cn12. The molecule has 0 bridgehead atoms. The Kier molecular flexibility index (Phi) is 4.69. The monoisotopic (exact) mass is 348 g/mol. The van der Waals surface area contributed by atoms with Crippen LogP contribution in [-0.4, -0.2) is 20.5 Å². The topological polar surface area (TPSA) is 59.3 Å². The molecular weight excluding hydrogens is 324 g/mol. The summed E-state index contributed by atoms with van der Waals surface area (Å²) in [5.74, 6) is 1.23. The quantitative estimate of drug-likeness (QED) is 0.772. The number of nitrogens with zero attached hydrogens (tertiary/aromatic N) is 3. The van der Waals surface area contributed by atoms with Gasteiger partial charge < -0.3 is 5.32 Å². The molecule has 2 aromatic heterocycles. The summed E-state index contributed by atoms with van der Waals surface area (Å²) >= 11 is 0. The molecule has 1 aliphatic carbocycles. The van der Waals surface area contributed by atoms with Crippen LogP contribution < -0.4 is 5.32 Å². The number of amides is 1. The minimum atomic E-state index is -0.0422. The summed E-state index contributed by atoms with van der Waals surface area (Å²) in [6.07, 6.45) is 7.96. The Morgan fingerprint density at radius 2 is 1.85 bits per heavy atom. The second kappa shape index (κ2) is 7.28.